The van der Waals surface area contributed by atoms with Crippen LogP contribution in [0.2, 0.25) is 0 Å². The molecule has 7 heteroatoms. The van der Waals surface area contributed by atoms with Gasteiger partial charge in [-0.25, -0.2) is 0 Å². The minimum absolute atomic E-state index is 0. The molecule has 0 unspecified atom stereocenters. The molecule has 5 nitrogen and oxygen atoms in total. The third kappa shape index (κ3) is 13.1. The Balaban J connectivity index is 0.000000479. The Morgan fingerprint density at radius 1 is 1.18 bits per heavy atom. The van der Waals surface area contributed by atoms with Gasteiger partial charge in [0.1, 0.15) is 0 Å². The molecular formula is C42H65F2N3O2. The second-order valence-electron chi connectivity index (χ2n) is 14.6. The third-order valence-electron chi connectivity index (χ3n) is 9.13. The summed E-state index contributed by atoms with van der Waals surface area (Å²) in [6, 6.07) is 10.8. The van der Waals surface area contributed by atoms with Gasteiger partial charge in [-0.15, -0.1) is 0 Å². The summed E-state index contributed by atoms with van der Waals surface area (Å²) in [6.45, 7) is 16.8. The summed E-state index contributed by atoms with van der Waals surface area (Å²) in [5.74, 6) is 0.366. The maximum Gasteiger partial charge on any atom is 0.318 e. The number of nitrogens with zero attached hydrogens (tertiary/aromatic N) is 2. The van der Waals surface area contributed by atoms with E-state index in [1.807, 2.05) is 27.9 Å². The molecular weight excluding hydrogens is 616 g/mol. The summed E-state index contributed by atoms with van der Waals surface area (Å²) >= 11 is 0. The van der Waals surface area contributed by atoms with E-state index in [0.29, 0.717) is 17.8 Å². The first kappa shape index (κ1) is 41.7. The minimum Gasteiger partial charge on any atom is -0.384 e. The lowest BCUT2D eigenvalue weighted by Gasteiger charge is -2.26. The van der Waals surface area contributed by atoms with Crippen molar-refractivity contribution in [2.24, 2.45) is 11.3 Å². The lowest BCUT2D eigenvalue weighted by atomic mass is 9.93. The number of methoxy groups -OCH3 is 1. The van der Waals surface area contributed by atoms with Gasteiger partial charge in [-0.3, -0.25) is 9.36 Å². The predicted octanol–water partition coefficient (Wildman–Crippen LogP) is 11.0. The Kier molecular flexibility index (Phi) is 16.7. The third-order valence-corrected chi connectivity index (χ3v) is 9.13. The average molecular weight is 682 g/mol. The van der Waals surface area contributed by atoms with Gasteiger partial charge in [0, 0.05) is 58.1 Å². The van der Waals surface area contributed by atoms with Crippen molar-refractivity contribution in [1.82, 2.24) is 14.8 Å². The first-order valence-electron chi connectivity index (χ1n) is 18.0. The van der Waals surface area contributed by atoms with Crippen LogP contribution in [0, 0.1) is 11.3 Å². The number of carbonyl (C=O) groups is 1. The van der Waals surface area contributed by atoms with E-state index in [4.69, 9.17) is 4.74 Å². The van der Waals surface area contributed by atoms with Gasteiger partial charge in [0.05, 0.1) is 6.61 Å². The van der Waals surface area contributed by atoms with E-state index >= 15 is 0 Å². The molecule has 0 aliphatic heterocycles. The van der Waals surface area contributed by atoms with E-state index in [2.05, 4.69) is 100 Å². The molecule has 1 aromatic heterocycles. The van der Waals surface area contributed by atoms with Crippen molar-refractivity contribution in [3.8, 4) is 0 Å². The number of ether oxygens (including phenoxy) is 1. The number of amides is 1. The van der Waals surface area contributed by atoms with E-state index in [1.165, 1.54) is 60.4 Å². The molecule has 0 spiro atoms. The van der Waals surface area contributed by atoms with Gasteiger partial charge in [0.15, 0.2) is 0 Å². The van der Waals surface area contributed by atoms with Crippen molar-refractivity contribution in [3.63, 3.8) is 0 Å². The Hall–Kier alpha value is -3.45. The predicted molar refractivity (Wildman–Crippen MR) is 205 cm³/mol. The van der Waals surface area contributed by atoms with Crippen LogP contribution in [0.25, 0.3) is 5.57 Å². The summed E-state index contributed by atoms with van der Waals surface area (Å²) < 4.78 is 31.2. The van der Waals surface area contributed by atoms with Crippen LogP contribution in [0.3, 0.4) is 0 Å². The number of hydrogen-bond donors (Lipinski definition) is 1. The van der Waals surface area contributed by atoms with Gasteiger partial charge in [-0.1, -0.05) is 90.5 Å². The van der Waals surface area contributed by atoms with E-state index < -0.39 is 6.55 Å². The molecule has 0 saturated heterocycles. The molecule has 2 aliphatic rings. The van der Waals surface area contributed by atoms with Gasteiger partial charge in [0.25, 0.3) is 0 Å². The zero-order chi connectivity index (χ0) is 36.8. The van der Waals surface area contributed by atoms with Crippen molar-refractivity contribution in [2.75, 3.05) is 27.8 Å². The molecule has 1 aromatic carbocycles. The average Bonchev–Trinajstić information content (AvgIpc) is 3.59. The molecule has 3 atom stereocenters. The monoisotopic (exact) mass is 682 g/mol. The molecule has 1 amide bonds. The van der Waals surface area contributed by atoms with Crippen molar-refractivity contribution in [2.45, 2.75) is 111 Å². The molecule has 274 valence electrons. The van der Waals surface area contributed by atoms with E-state index in [-0.39, 0.29) is 18.8 Å². The van der Waals surface area contributed by atoms with E-state index in [0.717, 1.165) is 35.2 Å². The summed E-state index contributed by atoms with van der Waals surface area (Å²) in [5, 5.41) is 2.96. The van der Waals surface area contributed by atoms with Gasteiger partial charge in [-0.2, -0.15) is 8.78 Å². The second-order valence-corrected chi connectivity index (χ2v) is 14.6. The summed E-state index contributed by atoms with van der Waals surface area (Å²) in [7, 11) is 5.94. The largest absolute Gasteiger partial charge is 0.384 e. The van der Waals surface area contributed by atoms with Crippen LogP contribution in [-0.4, -0.2) is 48.7 Å². The number of allylic oxidation sites excluding steroid dienone is 6. The quantitative estimate of drug-likeness (QED) is 0.229. The fourth-order valence-electron chi connectivity index (χ4n) is 6.06. The Morgan fingerprint density at radius 2 is 1.84 bits per heavy atom. The molecule has 1 fully saturated rings. The molecule has 1 saturated carbocycles. The molecule has 2 aromatic rings. The molecule has 0 radical (unpaired) electrons. The number of benzene rings is 1. The Morgan fingerprint density at radius 3 is 2.37 bits per heavy atom. The van der Waals surface area contributed by atoms with Crippen LogP contribution in [0.5, 0.6) is 0 Å². The minimum atomic E-state index is -2.53. The topological polar surface area (TPSA) is 46.5 Å². The lowest BCUT2D eigenvalue weighted by Crippen LogP contribution is -2.45. The van der Waals surface area contributed by atoms with Gasteiger partial charge < -0.3 is 15.0 Å². The number of hydrogen-bond acceptors (Lipinski definition) is 3. The van der Waals surface area contributed by atoms with Gasteiger partial charge in [0.2, 0.25) is 5.91 Å². The van der Waals surface area contributed by atoms with Gasteiger partial charge >= 0.3 is 6.55 Å². The fourth-order valence-corrected chi connectivity index (χ4v) is 6.06. The fraction of sp³-hybridized carbons (Fsp3) is 0.548. The highest BCUT2D eigenvalue weighted by atomic mass is 19.3. The highest BCUT2D eigenvalue weighted by Gasteiger charge is 2.53. The standard InChI is InChI=1S/C25H33NO.C14H22F2N2O.C3H8.H2/c1-6-14-25(18-27-5)16-24(25)21-12-10-20(11-13-21)22-9-7-8-19(2)23(15-22)17-26(3)4;1-5-14(3,4)17-12(19)10(2)8-11-6-7-18(9-11)13(15)16;1-3-2;/h7,9-13,15,17,24H,2,6,8,14,16,18H2,1,3-5H3;6-7,9-10,13H,5,8H2,1-4H3,(H,17,19);3H2,1-2H3;1H/b23-17-;;;/t24-,25-;10-;;/m11../s1. The van der Waals surface area contributed by atoms with Crippen LogP contribution in [0.15, 0.2) is 84.9 Å². The number of nitrogens with one attached hydrogen (secondary N) is 1. The van der Waals surface area contributed by atoms with Crippen LogP contribution in [0.1, 0.15) is 118 Å². The highest BCUT2D eigenvalue weighted by Crippen LogP contribution is 2.62. The number of halogens is 2. The van der Waals surface area contributed by atoms with Crippen molar-refractivity contribution >= 4 is 11.5 Å². The van der Waals surface area contributed by atoms with E-state index in [9.17, 15) is 13.6 Å². The Labute approximate surface area is 297 Å². The zero-order valence-corrected chi connectivity index (χ0v) is 31.9. The smallest absolute Gasteiger partial charge is 0.318 e. The normalized spacial score (nSPS) is 20.0. The van der Waals surface area contributed by atoms with Crippen LogP contribution >= 0.6 is 0 Å². The molecule has 2 aliphatic carbocycles. The highest BCUT2D eigenvalue weighted by molar-refractivity contribution is 5.79. The summed E-state index contributed by atoms with van der Waals surface area (Å²) in [6.07, 6.45) is 18.7. The van der Waals surface area contributed by atoms with E-state index in [1.54, 1.807) is 13.0 Å². The Bertz CT molecular complexity index is 1420. The first-order valence-corrected chi connectivity index (χ1v) is 18.0. The maximum absolute atomic E-state index is 12.4. The van der Waals surface area contributed by atoms with Crippen molar-refractivity contribution in [1.29, 1.82) is 0 Å². The van der Waals surface area contributed by atoms with Crippen LogP contribution in [-0.2, 0) is 16.0 Å². The maximum atomic E-state index is 12.4. The molecule has 49 heavy (non-hydrogen) atoms. The number of aromatic nitrogens is 1. The first-order chi connectivity index (χ1) is 23.1. The lowest BCUT2D eigenvalue weighted by molar-refractivity contribution is -0.126. The SMILES string of the molecule is C=C1CC=CC(c2ccc([C@H]3C[C@]3(CCC)COC)cc2)=C/C1=C/N(C)C.CCC.CCC(C)(C)NC(=O)[C@H](C)Cc1ccn(C(F)F)c1.[HH]. The number of carbonyl (C=O) groups excluding carboxylic acids is 1. The molecule has 0 bridgehead atoms. The summed E-state index contributed by atoms with van der Waals surface area (Å²) in [4.78, 5) is 14.1. The van der Waals surface area contributed by atoms with Crippen LogP contribution in [0.4, 0.5) is 8.78 Å². The summed E-state index contributed by atoms with van der Waals surface area (Å²) in [5.41, 5.74) is 7.21. The molecule has 1 heterocycles. The number of rotatable bonds is 13. The second kappa shape index (κ2) is 19.7. The zero-order valence-electron chi connectivity index (χ0n) is 31.9. The van der Waals surface area contributed by atoms with Crippen molar-refractivity contribution < 1.29 is 19.7 Å². The number of alkyl halides is 2. The van der Waals surface area contributed by atoms with Crippen molar-refractivity contribution in [3.05, 3.63) is 102 Å². The molecule has 4 rings (SSSR count). The van der Waals surface area contributed by atoms with Crippen LogP contribution < -0.4 is 5.32 Å². The molecule has 1 N–H and O–H groups in total. The van der Waals surface area contributed by atoms with Gasteiger partial charge in [-0.05, 0) is 97.4 Å².